The number of alkyl halides is 1. The molecule has 3 nitrogen and oxygen atoms in total. The van der Waals surface area contributed by atoms with Gasteiger partial charge >= 0.3 is 0 Å². The van der Waals surface area contributed by atoms with Crippen LogP contribution in [0.5, 0.6) is 0 Å². The number of hydrogen-bond acceptors (Lipinski definition) is 2. The Morgan fingerprint density at radius 2 is 1.88 bits per heavy atom. The first-order valence-corrected chi connectivity index (χ1v) is 7.82. The molecule has 1 unspecified atom stereocenters. The van der Waals surface area contributed by atoms with Gasteiger partial charge in [0.2, 0.25) is 10.0 Å². The van der Waals surface area contributed by atoms with Crippen LogP contribution in [0.2, 0.25) is 5.02 Å². The number of benzene rings is 1. The Bertz CT molecular complexity index is 445. The standard InChI is InChI=1S/C11H15Cl2NO2S/c1-9(10-3-5-11(13)6-4-10)14-17(15,16)8-2-7-12/h3-6,9,14H,2,7-8H2,1H3. The van der Waals surface area contributed by atoms with E-state index in [1.54, 1.807) is 31.2 Å². The molecule has 1 aromatic rings. The number of halogens is 2. The lowest BCUT2D eigenvalue weighted by Crippen LogP contribution is -2.29. The van der Waals surface area contributed by atoms with Crippen molar-refractivity contribution in [3.05, 3.63) is 34.9 Å². The van der Waals surface area contributed by atoms with Crippen LogP contribution in [0.4, 0.5) is 0 Å². The van der Waals surface area contributed by atoms with Crippen molar-refractivity contribution in [3.63, 3.8) is 0 Å². The van der Waals surface area contributed by atoms with E-state index in [0.717, 1.165) is 5.56 Å². The average Bonchev–Trinajstić information content (AvgIpc) is 2.26. The molecule has 17 heavy (non-hydrogen) atoms. The summed E-state index contributed by atoms with van der Waals surface area (Å²) in [5.41, 5.74) is 0.879. The molecule has 0 amide bonds. The van der Waals surface area contributed by atoms with E-state index in [-0.39, 0.29) is 11.8 Å². The first-order valence-electron chi connectivity index (χ1n) is 5.26. The van der Waals surface area contributed by atoms with E-state index < -0.39 is 10.0 Å². The normalized spacial score (nSPS) is 13.6. The van der Waals surface area contributed by atoms with Crippen LogP contribution < -0.4 is 4.72 Å². The SMILES string of the molecule is CC(NS(=O)(=O)CCCCl)c1ccc(Cl)cc1. The predicted octanol–water partition coefficient (Wildman–Crippen LogP) is 2.95. The van der Waals surface area contributed by atoms with Crippen molar-refractivity contribution < 1.29 is 8.42 Å². The molecule has 96 valence electrons. The Morgan fingerprint density at radius 3 is 2.41 bits per heavy atom. The molecule has 0 bridgehead atoms. The fourth-order valence-corrected chi connectivity index (χ4v) is 3.13. The molecule has 1 atom stereocenters. The van der Waals surface area contributed by atoms with Crippen molar-refractivity contribution in [2.45, 2.75) is 19.4 Å². The summed E-state index contributed by atoms with van der Waals surface area (Å²) in [4.78, 5) is 0. The van der Waals surface area contributed by atoms with Gasteiger partial charge in [-0.05, 0) is 31.0 Å². The van der Waals surface area contributed by atoms with E-state index in [1.807, 2.05) is 0 Å². The van der Waals surface area contributed by atoms with E-state index >= 15 is 0 Å². The highest BCUT2D eigenvalue weighted by Crippen LogP contribution is 2.16. The topological polar surface area (TPSA) is 46.2 Å². The van der Waals surface area contributed by atoms with E-state index in [0.29, 0.717) is 17.3 Å². The maximum Gasteiger partial charge on any atom is 0.212 e. The summed E-state index contributed by atoms with van der Waals surface area (Å²) in [5, 5.41) is 0.631. The largest absolute Gasteiger partial charge is 0.212 e. The average molecular weight is 296 g/mol. The molecule has 0 spiro atoms. The van der Waals surface area contributed by atoms with Crippen LogP contribution >= 0.6 is 23.2 Å². The van der Waals surface area contributed by atoms with Gasteiger partial charge in [-0.15, -0.1) is 11.6 Å². The van der Waals surface area contributed by atoms with E-state index in [2.05, 4.69) is 4.72 Å². The van der Waals surface area contributed by atoms with Crippen LogP contribution in [0.3, 0.4) is 0 Å². The minimum atomic E-state index is -3.27. The third kappa shape index (κ3) is 5.25. The van der Waals surface area contributed by atoms with Gasteiger partial charge in [0.15, 0.2) is 0 Å². The monoisotopic (exact) mass is 295 g/mol. The minimum Gasteiger partial charge on any atom is -0.212 e. The molecule has 0 heterocycles. The van der Waals surface area contributed by atoms with Gasteiger partial charge in [-0.3, -0.25) is 0 Å². The summed E-state index contributed by atoms with van der Waals surface area (Å²) in [5.74, 6) is 0.394. The molecule has 0 fully saturated rings. The van der Waals surface area contributed by atoms with Gasteiger partial charge in [0, 0.05) is 16.9 Å². The number of sulfonamides is 1. The van der Waals surface area contributed by atoms with Gasteiger partial charge in [0.1, 0.15) is 0 Å². The van der Waals surface area contributed by atoms with Gasteiger partial charge in [0.25, 0.3) is 0 Å². The van der Waals surface area contributed by atoms with Gasteiger partial charge in [-0.25, -0.2) is 13.1 Å². The lowest BCUT2D eigenvalue weighted by Gasteiger charge is -2.14. The zero-order valence-corrected chi connectivity index (χ0v) is 11.8. The lowest BCUT2D eigenvalue weighted by atomic mass is 10.1. The van der Waals surface area contributed by atoms with Crippen molar-refractivity contribution in [1.82, 2.24) is 4.72 Å². The molecule has 1 rings (SSSR count). The molecule has 0 aliphatic carbocycles. The number of hydrogen-bond donors (Lipinski definition) is 1. The fourth-order valence-electron chi connectivity index (χ4n) is 1.39. The zero-order chi connectivity index (χ0) is 12.9. The highest BCUT2D eigenvalue weighted by atomic mass is 35.5. The van der Waals surface area contributed by atoms with E-state index in [1.165, 1.54) is 0 Å². The second-order valence-corrected chi connectivity index (χ2v) is 6.44. The number of rotatable bonds is 6. The molecule has 0 saturated carbocycles. The second-order valence-electron chi connectivity index (χ2n) is 3.75. The first-order chi connectivity index (χ1) is 7.94. The highest BCUT2D eigenvalue weighted by Gasteiger charge is 2.15. The minimum absolute atomic E-state index is 0.0500. The van der Waals surface area contributed by atoms with Crippen LogP contribution in [0.25, 0.3) is 0 Å². The molecular weight excluding hydrogens is 281 g/mol. The van der Waals surface area contributed by atoms with Crippen LogP contribution in [-0.2, 0) is 10.0 Å². The third-order valence-electron chi connectivity index (χ3n) is 2.27. The van der Waals surface area contributed by atoms with Crippen molar-refractivity contribution >= 4 is 33.2 Å². The maximum atomic E-state index is 11.6. The summed E-state index contributed by atoms with van der Waals surface area (Å²) in [7, 11) is -3.27. The first kappa shape index (κ1) is 14.8. The molecule has 6 heteroatoms. The fraction of sp³-hybridized carbons (Fsp3) is 0.455. The van der Waals surface area contributed by atoms with Crippen LogP contribution in [0.15, 0.2) is 24.3 Å². The van der Waals surface area contributed by atoms with E-state index in [4.69, 9.17) is 23.2 Å². The van der Waals surface area contributed by atoms with Crippen molar-refractivity contribution in [2.75, 3.05) is 11.6 Å². The molecule has 1 aromatic carbocycles. The molecule has 0 aliphatic heterocycles. The Kier molecular flexibility index (Phi) is 5.73. The quantitative estimate of drug-likeness (QED) is 0.820. The summed E-state index contributed by atoms with van der Waals surface area (Å²) >= 11 is 11.2. The van der Waals surface area contributed by atoms with Gasteiger partial charge < -0.3 is 0 Å². The molecule has 0 aliphatic rings. The van der Waals surface area contributed by atoms with Crippen molar-refractivity contribution in [1.29, 1.82) is 0 Å². The Labute approximate surface area is 112 Å². The highest BCUT2D eigenvalue weighted by molar-refractivity contribution is 7.89. The van der Waals surface area contributed by atoms with Gasteiger partial charge in [-0.1, -0.05) is 23.7 Å². The molecule has 1 N–H and O–H groups in total. The summed E-state index contributed by atoms with van der Waals surface area (Å²) in [6, 6.07) is 6.81. The Balaban J connectivity index is 2.65. The molecular formula is C11H15Cl2NO2S. The van der Waals surface area contributed by atoms with Gasteiger partial charge in [0.05, 0.1) is 5.75 Å². The number of nitrogens with one attached hydrogen (secondary N) is 1. The van der Waals surface area contributed by atoms with Crippen LogP contribution in [-0.4, -0.2) is 20.1 Å². The van der Waals surface area contributed by atoms with Gasteiger partial charge in [-0.2, -0.15) is 0 Å². The molecule has 0 aromatic heterocycles. The predicted molar refractivity (Wildman–Crippen MR) is 72.1 cm³/mol. The summed E-state index contributed by atoms with van der Waals surface area (Å²) < 4.78 is 25.9. The van der Waals surface area contributed by atoms with Crippen molar-refractivity contribution in [2.24, 2.45) is 0 Å². The zero-order valence-electron chi connectivity index (χ0n) is 9.49. The Hall–Kier alpha value is -0.290. The second kappa shape index (κ2) is 6.59. The summed E-state index contributed by atoms with van der Waals surface area (Å²) in [6.45, 7) is 1.79. The lowest BCUT2D eigenvalue weighted by molar-refractivity contribution is 0.566. The summed E-state index contributed by atoms with van der Waals surface area (Å²) in [6.07, 6.45) is 0.449. The molecule has 0 radical (unpaired) electrons. The smallest absolute Gasteiger partial charge is 0.212 e. The third-order valence-corrected chi connectivity index (χ3v) is 4.33. The molecule has 0 saturated heterocycles. The van der Waals surface area contributed by atoms with E-state index in [9.17, 15) is 8.42 Å². The van der Waals surface area contributed by atoms with Crippen LogP contribution in [0.1, 0.15) is 24.9 Å². The maximum absolute atomic E-state index is 11.6. The van der Waals surface area contributed by atoms with Crippen molar-refractivity contribution in [3.8, 4) is 0 Å². The Morgan fingerprint density at radius 1 is 1.29 bits per heavy atom. The van der Waals surface area contributed by atoms with Crippen LogP contribution in [0, 0.1) is 0 Å².